The van der Waals surface area contributed by atoms with Gasteiger partial charge in [-0.3, -0.25) is 4.79 Å². The fraction of sp³-hybridized carbons (Fsp3) is 0.350. The van der Waals surface area contributed by atoms with Gasteiger partial charge >= 0.3 is 0 Å². The number of sulfonamides is 1. The molecule has 7 nitrogen and oxygen atoms in total. The van der Waals surface area contributed by atoms with Gasteiger partial charge in [-0.05, 0) is 31.2 Å². The van der Waals surface area contributed by atoms with Gasteiger partial charge in [0.2, 0.25) is 15.9 Å². The summed E-state index contributed by atoms with van der Waals surface area (Å²) >= 11 is 0. The molecule has 0 spiro atoms. The first-order valence-electron chi connectivity index (χ1n) is 8.85. The molecule has 2 rings (SSSR count). The lowest BCUT2D eigenvalue weighted by Crippen LogP contribution is -2.40. The van der Waals surface area contributed by atoms with Crippen molar-refractivity contribution in [2.45, 2.75) is 19.5 Å². The van der Waals surface area contributed by atoms with E-state index < -0.39 is 34.3 Å². The van der Waals surface area contributed by atoms with E-state index in [9.17, 15) is 17.6 Å². The van der Waals surface area contributed by atoms with E-state index in [-0.39, 0.29) is 12.1 Å². The Morgan fingerprint density at radius 1 is 1.17 bits per heavy atom. The molecule has 2 aromatic carbocycles. The van der Waals surface area contributed by atoms with Crippen molar-refractivity contribution in [1.82, 2.24) is 9.62 Å². The number of hydrogen-bond donors (Lipinski definition) is 1. The molecule has 1 amide bonds. The second-order valence-corrected chi connectivity index (χ2v) is 8.50. The summed E-state index contributed by atoms with van der Waals surface area (Å²) < 4.78 is 49.6. The van der Waals surface area contributed by atoms with E-state index in [1.807, 2.05) is 0 Å². The Balaban J connectivity index is 2.15. The van der Waals surface area contributed by atoms with Gasteiger partial charge in [-0.1, -0.05) is 18.2 Å². The summed E-state index contributed by atoms with van der Waals surface area (Å²) in [6.07, 6.45) is 0.982. The van der Waals surface area contributed by atoms with Gasteiger partial charge in [-0.15, -0.1) is 0 Å². The van der Waals surface area contributed by atoms with Crippen LogP contribution in [0.1, 0.15) is 24.1 Å². The molecule has 0 aliphatic carbocycles. The van der Waals surface area contributed by atoms with Crippen LogP contribution in [0.3, 0.4) is 0 Å². The van der Waals surface area contributed by atoms with E-state index in [2.05, 4.69) is 5.32 Å². The maximum Gasteiger partial charge on any atom is 0.235 e. The fourth-order valence-electron chi connectivity index (χ4n) is 2.81. The van der Waals surface area contributed by atoms with Crippen LogP contribution in [0.25, 0.3) is 0 Å². The van der Waals surface area contributed by atoms with Crippen LogP contribution in [0.15, 0.2) is 42.5 Å². The molecular formula is C20H25FN2O5S. The quantitative estimate of drug-likeness (QED) is 0.669. The largest absolute Gasteiger partial charge is 0.497 e. The van der Waals surface area contributed by atoms with Gasteiger partial charge in [-0.2, -0.15) is 4.31 Å². The number of carbonyl (C=O) groups excluding carboxylic acids is 1. The van der Waals surface area contributed by atoms with E-state index in [4.69, 9.17) is 9.47 Å². The number of methoxy groups -OCH3 is 2. The van der Waals surface area contributed by atoms with Crippen molar-refractivity contribution in [3.63, 3.8) is 0 Å². The molecule has 1 N–H and O–H groups in total. The molecule has 0 unspecified atom stereocenters. The van der Waals surface area contributed by atoms with Crippen LogP contribution in [0.4, 0.5) is 4.39 Å². The van der Waals surface area contributed by atoms with Crippen LogP contribution in [0.5, 0.6) is 11.5 Å². The third kappa shape index (κ3) is 6.16. The van der Waals surface area contributed by atoms with Crippen molar-refractivity contribution in [1.29, 1.82) is 0 Å². The molecule has 0 heterocycles. The van der Waals surface area contributed by atoms with Crippen LogP contribution >= 0.6 is 0 Å². The number of halogens is 1. The number of ether oxygens (including phenoxy) is 2. The van der Waals surface area contributed by atoms with Crippen LogP contribution in [-0.4, -0.2) is 45.7 Å². The van der Waals surface area contributed by atoms with E-state index >= 15 is 0 Å². The van der Waals surface area contributed by atoms with Crippen LogP contribution in [-0.2, 0) is 21.4 Å². The zero-order chi connectivity index (χ0) is 21.6. The number of rotatable bonds is 9. The number of benzene rings is 2. The van der Waals surface area contributed by atoms with Gasteiger partial charge in [0.25, 0.3) is 0 Å². The average molecular weight is 424 g/mol. The molecule has 0 saturated heterocycles. The van der Waals surface area contributed by atoms with E-state index in [1.165, 1.54) is 32.4 Å². The fourth-order valence-corrected chi connectivity index (χ4v) is 3.54. The monoisotopic (exact) mass is 424 g/mol. The second-order valence-electron chi connectivity index (χ2n) is 6.52. The standard InChI is InChI=1S/C20H25FN2O5S/c1-14(17-11-16(27-2)9-10-19(17)28-3)22-20(24)13-23(29(4,25)26)12-15-7-5-6-8-18(15)21/h5-11,14H,12-13H2,1-4H3,(H,22,24)/t14-/m1/s1. The lowest BCUT2D eigenvalue weighted by Gasteiger charge is -2.22. The van der Waals surface area contributed by atoms with Crippen LogP contribution < -0.4 is 14.8 Å². The summed E-state index contributed by atoms with van der Waals surface area (Å²) in [5.74, 6) is 0.101. The maximum absolute atomic E-state index is 13.9. The van der Waals surface area contributed by atoms with Gasteiger partial charge in [0.05, 0.1) is 33.1 Å². The van der Waals surface area contributed by atoms with Crippen molar-refractivity contribution in [2.75, 3.05) is 27.0 Å². The molecule has 9 heteroatoms. The topological polar surface area (TPSA) is 84.9 Å². The van der Waals surface area contributed by atoms with E-state index in [0.717, 1.165) is 10.6 Å². The summed E-state index contributed by atoms with van der Waals surface area (Å²) in [5, 5.41) is 2.75. The van der Waals surface area contributed by atoms with Gasteiger partial charge in [0.1, 0.15) is 17.3 Å². The van der Waals surface area contributed by atoms with Crippen molar-refractivity contribution in [3.8, 4) is 11.5 Å². The lowest BCUT2D eigenvalue weighted by molar-refractivity contribution is -0.122. The summed E-state index contributed by atoms with van der Waals surface area (Å²) in [6.45, 7) is 1.07. The number of nitrogens with one attached hydrogen (secondary N) is 1. The molecule has 29 heavy (non-hydrogen) atoms. The number of carbonyl (C=O) groups is 1. The summed E-state index contributed by atoms with van der Waals surface area (Å²) in [4.78, 5) is 12.5. The van der Waals surface area contributed by atoms with Crippen LogP contribution in [0, 0.1) is 5.82 Å². The zero-order valence-electron chi connectivity index (χ0n) is 16.8. The molecule has 1 atom stereocenters. The van der Waals surface area contributed by atoms with Crippen molar-refractivity contribution < 1.29 is 27.1 Å². The van der Waals surface area contributed by atoms with Crippen molar-refractivity contribution in [3.05, 3.63) is 59.4 Å². The molecule has 0 bridgehead atoms. The smallest absolute Gasteiger partial charge is 0.235 e. The Hall–Kier alpha value is -2.65. The maximum atomic E-state index is 13.9. The van der Waals surface area contributed by atoms with Crippen LogP contribution in [0.2, 0.25) is 0 Å². The second kappa shape index (κ2) is 9.71. The first kappa shape index (κ1) is 22.6. The Morgan fingerprint density at radius 3 is 2.45 bits per heavy atom. The van der Waals surface area contributed by atoms with Gasteiger partial charge in [-0.25, -0.2) is 12.8 Å². The molecule has 2 aromatic rings. The number of amides is 1. The highest BCUT2D eigenvalue weighted by Crippen LogP contribution is 2.29. The molecule has 0 radical (unpaired) electrons. The SMILES string of the molecule is COc1ccc(OC)c([C@@H](C)NC(=O)CN(Cc2ccccc2F)S(C)(=O)=O)c1. The highest BCUT2D eigenvalue weighted by Gasteiger charge is 2.23. The summed E-state index contributed by atoms with van der Waals surface area (Å²) in [6, 6.07) is 10.6. The molecular weight excluding hydrogens is 399 g/mol. The Morgan fingerprint density at radius 2 is 1.86 bits per heavy atom. The Labute approximate surface area is 170 Å². The lowest BCUT2D eigenvalue weighted by atomic mass is 10.1. The van der Waals surface area contributed by atoms with Gasteiger partial charge < -0.3 is 14.8 Å². The minimum Gasteiger partial charge on any atom is -0.497 e. The van der Waals surface area contributed by atoms with Gasteiger partial charge in [0, 0.05) is 17.7 Å². The predicted molar refractivity (Wildman–Crippen MR) is 108 cm³/mol. The average Bonchev–Trinajstić information content (AvgIpc) is 2.67. The number of hydrogen-bond acceptors (Lipinski definition) is 5. The zero-order valence-corrected chi connectivity index (χ0v) is 17.6. The third-order valence-corrected chi connectivity index (χ3v) is 5.57. The highest BCUT2D eigenvalue weighted by molar-refractivity contribution is 7.88. The summed E-state index contributed by atoms with van der Waals surface area (Å²) in [7, 11) is -0.695. The van der Waals surface area contributed by atoms with Gasteiger partial charge in [0.15, 0.2) is 0 Å². The molecule has 0 aliphatic rings. The molecule has 0 fully saturated rings. The first-order chi connectivity index (χ1) is 13.7. The normalized spacial score (nSPS) is 12.5. The summed E-state index contributed by atoms with van der Waals surface area (Å²) in [5.41, 5.74) is 0.869. The van der Waals surface area contributed by atoms with E-state index in [1.54, 1.807) is 31.2 Å². The molecule has 0 aromatic heterocycles. The first-order valence-corrected chi connectivity index (χ1v) is 10.7. The number of nitrogens with zero attached hydrogens (tertiary/aromatic N) is 1. The van der Waals surface area contributed by atoms with E-state index in [0.29, 0.717) is 17.1 Å². The Bertz CT molecular complexity index is 965. The highest BCUT2D eigenvalue weighted by atomic mass is 32.2. The third-order valence-electron chi connectivity index (χ3n) is 4.37. The molecule has 158 valence electrons. The van der Waals surface area contributed by atoms with Crippen molar-refractivity contribution >= 4 is 15.9 Å². The van der Waals surface area contributed by atoms with Crippen molar-refractivity contribution in [2.24, 2.45) is 0 Å². The molecule has 0 aliphatic heterocycles. The minimum atomic E-state index is -3.74. The predicted octanol–water partition coefficient (Wildman–Crippen LogP) is 2.48. The minimum absolute atomic E-state index is 0.188. The Kier molecular flexibility index (Phi) is 7.58. The molecule has 0 saturated carbocycles.